The Kier molecular flexibility index (Phi) is 8.13. The Balaban J connectivity index is 2.20. The monoisotopic (exact) mass is 307 g/mol. The Morgan fingerprint density at radius 3 is 2.59 bits per heavy atom. The van der Waals surface area contributed by atoms with Crippen molar-refractivity contribution < 1.29 is 14.3 Å². The molecular weight excluding hydrogens is 278 g/mol. The predicted molar refractivity (Wildman–Crippen MR) is 88.8 cm³/mol. The molecule has 0 spiro atoms. The lowest BCUT2D eigenvalue weighted by atomic mass is 10.1. The first-order valence-electron chi connectivity index (χ1n) is 7.99. The Morgan fingerprint density at radius 2 is 1.91 bits per heavy atom. The van der Waals surface area contributed by atoms with Crippen molar-refractivity contribution in [1.29, 1.82) is 0 Å². The summed E-state index contributed by atoms with van der Waals surface area (Å²) in [6.45, 7) is 10.6. The lowest BCUT2D eigenvalue weighted by Crippen LogP contribution is -2.24. The van der Waals surface area contributed by atoms with E-state index < -0.39 is 5.60 Å². The third-order valence-electron chi connectivity index (χ3n) is 2.98. The maximum atomic E-state index is 11.5. The predicted octanol–water partition coefficient (Wildman–Crippen LogP) is 3.09. The summed E-state index contributed by atoms with van der Waals surface area (Å²) in [6.07, 6.45) is 1.16. The van der Waals surface area contributed by atoms with Gasteiger partial charge in [-0.15, -0.1) is 0 Å². The molecular formula is C18H29NO3. The van der Waals surface area contributed by atoms with E-state index in [-0.39, 0.29) is 5.97 Å². The minimum absolute atomic E-state index is 0.208. The highest BCUT2D eigenvalue weighted by atomic mass is 16.6. The topological polar surface area (TPSA) is 47.6 Å². The van der Waals surface area contributed by atoms with Gasteiger partial charge in [0.15, 0.2) is 0 Å². The number of carbonyl (C=O) groups excluding carboxylic acids is 1. The molecule has 0 unspecified atom stereocenters. The van der Waals surface area contributed by atoms with Crippen LogP contribution in [0.25, 0.3) is 0 Å². The second-order valence-corrected chi connectivity index (χ2v) is 6.30. The molecule has 0 amide bonds. The highest BCUT2D eigenvalue weighted by molar-refractivity contribution is 5.69. The first kappa shape index (κ1) is 18.7. The van der Waals surface area contributed by atoms with Crippen molar-refractivity contribution in [1.82, 2.24) is 5.32 Å². The van der Waals surface area contributed by atoms with Crippen molar-refractivity contribution in [3.63, 3.8) is 0 Å². The van der Waals surface area contributed by atoms with Crippen LogP contribution in [0.5, 0.6) is 0 Å². The molecule has 1 aromatic rings. The van der Waals surface area contributed by atoms with Gasteiger partial charge in [-0.25, -0.2) is 0 Å². The maximum Gasteiger partial charge on any atom is 0.308 e. The fraction of sp³-hybridized carbons (Fsp3) is 0.611. The zero-order chi connectivity index (χ0) is 16.4. The summed E-state index contributed by atoms with van der Waals surface area (Å²) in [5.74, 6) is -0.208. The van der Waals surface area contributed by atoms with Crippen LogP contribution in [0, 0.1) is 0 Å². The molecule has 124 valence electrons. The smallest absolute Gasteiger partial charge is 0.308 e. The lowest BCUT2D eigenvalue weighted by molar-refractivity contribution is -0.156. The number of hydrogen-bond acceptors (Lipinski definition) is 4. The van der Waals surface area contributed by atoms with E-state index in [9.17, 15) is 4.79 Å². The number of esters is 1. The van der Waals surface area contributed by atoms with E-state index in [0.717, 1.165) is 19.5 Å². The third-order valence-corrected chi connectivity index (χ3v) is 2.98. The zero-order valence-corrected chi connectivity index (χ0v) is 14.3. The molecule has 1 N–H and O–H groups in total. The van der Waals surface area contributed by atoms with Crippen LogP contribution in [0.4, 0.5) is 0 Å². The highest BCUT2D eigenvalue weighted by Crippen LogP contribution is 2.09. The summed E-state index contributed by atoms with van der Waals surface area (Å²) < 4.78 is 10.8. The average Bonchev–Trinajstić information content (AvgIpc) is 2.43. The van der Waals surface area contributed by atoms with Gasteiger partial charge >= 0.3 is 5.97 Å². The molecule has 0 aliphatic carbocycles. The van der Waals surface area contributed by atoms with Crippen LogP contribution in [0.1, 0.15) is 45.2 Å². The molecule has 0 aromatic heterocycles. The number of carbonyl (C=O) groups is 1. The third kappa shape index (κ3) is 8.80. The van der Waals surface area contributed by atoms with Crippen LogP contribution >= 0.6 is 0 Å². The molecule has 0 bridgehead atoms. The molecule has 0 saturated heterocycles. The van der Waals surface area contributed by atoms with Crippen LogP contribution in [-0.4, -0.2) is 31.3 Å². The Hall–Kier alpha value is -1.39. The first-order chi connectivity index (χ1) is 10.4. The highest BCUT2D eigenvalue weighted by Gasteiger charge is 2.15. The van der Waals surface area contributed by atoms with E-state index in [2.05, 4.69) is 36.5 Å². The maximum absolute atomic E-state index is 11.5. The molecule has 0 saturated carbocycles. The molecule has 4 heteroatoms. The van der Waals surface area contributed by atoms with E-state index >= 15 is 0 Å². The van der Waals surface area contributed by atoms with Crippen molar-refractivity contribution in [2.45, 2.75) is 52.7 Å². The summed E-state index contributed by atoms with van der Waals surface area (Å²) in [7, 11) is 0. The number of benzene rings is 1. The van der Waals surface area contributed by atoms with Gasteiger partial charge in [-0.3, -0.25) is 4.79 Å². The SMILES string of the molecule is CCNCc1cccc(CCOCCC(=O)OC(C)(C)C)c1. The molecule has 0 radical (unpaired) electrons. The molecule has 1 aromatic carbocycles. The molecule has 1 rings (SSSR count). The van der Waals surface area contributed by atoms with Crippen molar-refractivity contribution in [3.05, 3.63) is 35.4 Å². The fourth-order valence-corrected chi connectivity index (χ4v) is 2.00. The van der Waals surface area contributed by atoms with Gasteiger partial charge in [-0.1, -0.05) is 31.2 Å². The summed E-state index contributed by atoms with van der Waals surface area (Å²) in [5, 5.41) is 3.32. The van der Waals surface area contributed by atoms with Gasteiger partial charge in [0.2, 0.25) is 0 Å². The summed E-state index contributed by atoms with van der Waals surface area (Å²) in [4.78, 5) is 11.5. The minimum atomic E-state index is -0.427. The Morgan fingerprint density at radius 1 is 1.18 bits per heavy atom. The van der Waals surface area contributed by atoms with Gasteiger partial charge in [-0.05, 0) is 44.9 Å². The zero-order valence-electron chi connectivity index (χ0n) is 14.3. The van der Waals surface area contributed by atoms with E-state index in [4.69, 9.17) is 9.47 Å². The molecule has 4 nitrogen and oxygen atoms in total. The molecule has 22 heavy (non-hydrogen) atoms. The van der Waals surface area contributed by atoms with Gasteiger partial charge < -0.3 is 14.8 Å². The molecule has 0 aliphatic rings. The normalized spacial score (nSPS) is 11.5. The standard InChI is InChI=1S/C18H29NO3/c1-5-19-14-16-8-6-7-15(13-16)9-11-21-12-10-17(20)22-18(2,3)4/h6-8,13,19H,5,9-12,14H2,1-4H3. The van der Waals surface area contributed by atoms with E-state index in [1.54, 1.807) is 0 Å². The number of ether oxygens (including phenoxy) is 2. The van der Waals surface area contributed by atoms with Crippen LogP contribution in [0.3, 0.4) is 0 Å². The Labute approximate surface area is 134 Å². The molecule has 0 aliphatic heterocycles. The van der Waals surface area contributed by atoms with Crippen LogP contribution in [-0.2, 0) is 27.2 Å². The van der Waals surface area contributed by atoms with Crippen LogP contribution in [0.15, 0.2) is 24.3 Å². The summed E-state index contributed by atoms with van der Waals surface area (Å²) >= 11 is 0. The van der Waals surface area contributed by atoms with Gasteiger partial charge in [0.1, 0.15) is 5.60 Å². The number of nitrogens with one attached hydrogen (secondary N) is 1. The van der Waals surface area contributed by atoms with Gasteiger partial charge in [-0.2, -0.15) is 0 Å². The molecule has 0 atom stereocenters. The minimum Gasteiger partial charge on any atom is -0.460 e. The summed E-state index contributed by atoms with van der Waals surface area (Å²) in [6, 6.07) is 8.49. The van der Waals surface area contributed by atoms with Crippen molar-refractivity contribution in [3.8, 4) is 0 Å². The fourth-order valence-electron chi connectivity index (χ4n) is 2.00. The van der Waals surface area contributed by atoms with Gasteiger partial charge in [0, 0.05) is 6.54 Å². The van der Waals surface area contributed by atoms with Crippen molar-refractivity contribution in [2.75, 3.05) is 19.8 Å². The van der Waals surface area contributed by atoms with E-state index in [1.165, 1.54) is 11.1 Å². The molecule has 0 heterocycles. The second-order valence-electron chi connectivity index (χ2n) is 6.30. The lowest BCUT2D eigenvalue weighted by Gasteiger charge is -2.19. The number of hydrogen-bond donors (Lipinski definition) is 1. The largest absolute Gasteiger partial charge is 0.460 e. The van der Waals surface area contributed by atoms with E-state index in [1.807, 2.05) is 20.8 Å². The van der Waals surface area contributed by atoms with Crippen molar-refractivity contribution in [2.24, 2.45) is 0 Å². The number of rotatable bonds is 9. The summed E-state index contributed by atoms with van der Waals surface area (Å²) in [5.41, 5.74) is 2.12. The van der Waals surface area contributed by atoms with Crippen LogP contribution < -0.4 is 5.32 Å². The second kappa shape index (κ2) is 9.59. The first-order valence-corrected chi connectivity index (χ1v) is 7.99. The van der Waals surface area contributed by atoms with Crippen molar-refractivity contribution >= 4 is 5.97 Å². The van der Waals surface area contributed by atoms with Gasteiger partial charge in [0.25, 0.3) is 0 Å². The van der Waals surface area contributed by atoms with Gasteiger partial charge in [0.05, 0.1) is 19.6 Å². The van der Waals surface area contributed by atoms with E-state index in [0.29, 0.717) is 19.6 Å². The Bertz CT molecular complexity index is 452. The molecule has 0 fully saturated rings. The average molecular weight is 307 g/mol. The quantitative estimate of drug-likeness (QED) is 0.562. The van der Waals surface area contributed by atoms with Crippen LogP contribution in [0.2, 0.25) is 0 Å².